The SMILES string of the molecule is Cc1nn(C(C)C)c(C)c1NC(=O)Nc1cccc(OC[C@@H]2CCCO2)c1. The smallest absolute Gasteiger partial charge is 0.323 e. The highest BCUT2D eigenvalue weighted by atomic mass is 16.5. The van der Waals surface area contributed by atoms with Crippen LogP contribution in [0.15, 0.2) is 24.3 Å². The Labute approximate surface area is 160 Å². The Balaban J connectivity index is 1.60. The summed E-state index contributed by atoms with van der Waals surface area (Å²) in [4.78, 5) is 12.4. The standard InChI is InChI=1S/C20H28N4O3/c1-13(2)24-15(4)19(14(3)23-24)22-20(25)21-16-7-5-8-17(11-16)27-12-18-9-6-10-26-18/h5,7-8,11,13,18H,6,9-10,12H2,1-4H3,(H2,21,22,25)/t18-/m0/s1. The van der Waals surface area contributed by atoms with Gasteiger partial charge in [-0.05, 0) is 52.7 Å². The Morgan fingerprint density at radius 1 is 1.37 bits per heavy atom. The lowest BCUT2D eigenvalue weighted by molar-refractivity contribution is 0.0680. The molecule has 1 aliphatic rings. The van der Waals surface area contributed by atoms with Crippen molar-refractivity contribution in [2.24, 2.45) is 0 Å². The molecular weight excluding hydrogens is 344 g/mol. The number of carbonyl (C=O) groups is 1. The average Bonchev–Trinajstić information content (AvgIpc) is 3.24. The molecule has 1 atom stereocenters. The zero-order chi connectivity index (χ0) is 19.4. The van der Waals surface area contributed by atoms with Crippen molar-refractivity contribution in [2.45, 2.75) is 52.7 Å². The number of ether oxygens (including phenoxy) is 2. The first-order chi connectivity index (χ1) is 12.9. The fraction of sp³-hybridized carbons (Fsp3) is 0.500. The molecule has 2 N–H and O–H groups in total. The van der Waals surface area contributed by atoms with Crippen LogP contribution in [0, 0.1) is 13.8 Å². The molecule has 0 radical (unpaired) electrons. The summed E-state index contributed by atoms with van der Waals surface area (Å²) in [7, 11) is 0. The average molecular weight is 372 g/mol. The fourth-order valence-corrected chi connectivity index (χ4v) is 3.25. The maximum atomic E-state index is 12.4. The summed E-state index contributed by atoms with van der Waals surface area (Å²) in [6.45, 7) is 9.30. The van der Waals surface area contributed by atoms with Crippen LogP contribution < -0.4 is 15.4 Å². The van der Waals surface area contributed by atoms with E-state index in [9.17, 15) is 4.79 Å². The molecule has 7 nitrogen and oxygen atoms in total. The molecule has 2 heterocycles. The van der Waals surface area contributed by atoms with Gasteiger partial charge >= 0.3 is 6.03 Å². The van der Waals surface area contributed by atoms with Crippen molar-refractivity contribution in [1.29, 1.82) is 0 Å². The predicted molar refractivity (Wildman–Crippen MR) is 106 cm³/mol. The van der Waals surface area contributed by atoms with Gasteiger partial charge in [-0.25, -0.2) is 4.79 Å². The van der Waals surface area contributed by atoms with Crippen LogP contribution in [-0.4, -0.2) is 35.1 Å². The van der Waals surface area contributed by atoms with Crippen LogP contribution >= 0.6 is 0 Å². The van der Waals surface area contributed by atoms with Gasteiger partial charge in [-0.3, -0.25) is 4.68 Å². The quantitative estimate of drug-likeness (QED) is 0.793. The molecule has 1 aromatic heterocycles. The van der Waals surface area contributed by atoms with Gasteiger partial charge in [0.25, 0.3) is 0 Å². The van der Waals surface area contributed by atoms with Crippen molar-refractivity contribution < 1.29 is 14.3 Å². The third-order valence-corrected chi connectivity index (χ3v) is 4.60. The van der Waals surface area contributed by atoms with E-state index in [2.05, 4.69) is 29.6 Å². The number of hydrogen-bond acceptors (Lipinski definition) is 4. The number of urea groups is 1. The number of rotatable bonds is 6. The number of nitrogens with one attached hydrogen (secondary N) is 2. The van der Waals surface area contributed by atoms with Crippen molar-refractivity contribution >= 4 is 17.4 Å². The van der Waals surface area contributed by atoms with Crippen LogP contribution in [0.1, 0.15) is 44.1 Å². The van der Waals surface area contributed by atoms with Crippen LogP contribution in [0.3, 0.4) is 0 Å². The lowest BCUT2D eigenvalue weighted by atomic mass is 10.2. The number of hydrogen-bond donors (Lipinski definition) is 2. The number of aryl methyl sites for hydroxylation is 1. The molecule has 2 amide bonds. The maximum absolute atomic E-state index is 12.4. The molecule has 27 heavy (non-hydrogen) atoms. The van der Waals surface area contributed by atoms with E-state index in [4.69, 9.17) is 9.47 Å². The van der Waals surface area contributed by atoms with Crippen LogP contribution in [0.25, 0.3) is 0 Å². The fourth-order valence-electron chi connectivity index (χ4n) is 3.25. The number of nitrogens with zero attached hydrogens (tertiary/aromatic N) is 2. The van der Waals surface area contributed by atoms with Crippen LogP contribution in [-0.2, 0) is 4.74 Å². The minimum atomic E-state index is -0.305. The lowest BCUT2D eigenvalue weighted by Gasteiger charge is -2.13. The van der Waals surface area contributed by atoms with E-state index < -0.39 is 0 Å². The third kappa shape index (κ3) is 4.80. The zero-order valence-corrected chi connectivity index (χ0v) is 16.4. The van der Waals surface area contributed by atoms with Gasteiger partial charge < -0.3 is 20.1 Å². The van der Waals surface area contributed by atoms with Gasteiger partial charge in [-0.15, -0.1) is 0 Å². The molecular formula is C20H28N4O3. The van der Waals surface area contributed by atoms with Crippen LogP contribution in [0.4, 0.5) is 16.2 Å². The Hall–Kier alpha value is -2.54. The van der Waals surface area contributed by atoms with Gasteiger partial charge in [0.05, 0.1) is 23.2 Å². The molecule has 1 saturated heterocycles. The lowest BCUT2D eigenvalue weighted by Crippen LogP contribution is -2.20. The summed E-state index contributed by atoms with van der Waals surface area (Å²) >= 11 is 0. The van der Waals surface area contributed by atoms with Gasteiger partial charge in [0.1, 0.15) is 12.4 Å². The Kier molecular flexibility index (Phi) is 6.01. The Morgan fingerprint density at radius 3 is 2.85 bits per heavy atom. The van der Waals surface area contributed by atoms with E-state index in [1.165, 1.54) is 0 Å². The Morgan fingerprint density at radius 2 is 2.19 bits per heavy atom. The molecule has 0 saturated carbocycles. The van der Waals surface area contributed by atoms with Gasteiger partial charge in [-0.1, -0.05) is 6.07 Å². The minimum Gasteiger partial charge on any atom is -0.491 e. The number of anilines is 2. The summed E-state index contributed by atoms with van der Waals surface area (Å²) in [5.41, 5.74) is 3.15. The predicted octanol–water partition coefficient (Wildman–Crippen LogP) is 4.28. The maximum Gasteiger partial charge on any atom is 0.323 e. The highest BCUT2D eigenvalue weighted by Gasteiger charge is 2.17. The molecule has 1 aliphatic heterocycles. The van der Waals surface area contributed by atoms with Crippen molar-refractivity contribution in [1.82, 2.24) is 9.78 Å². The van der Waals surface area contributed by atoms with Crippen LogP contribution in [0.5, 0.6) is 5.75 Å². The molecule has 1 aromatic carbocycles. The summed E-state index contributed by atoms with van der Waals surface area (Å²) in [6, 6.07) is 7.30. The summed E-state index contributed by atoms with van der Waals surface area (Å²) in [5.74, 6) is 0.711. The molecule has 0 spiro atoms. The first-order valence-electron chi connectivity index (χ1n) is 9.42. The van der Waals surface area contributed by atoms with Gasteiger partial charge in [-0.2, -0.15) is 5.10 Å². The molecule has 1 fully saturated rings. The van der Waals surface area contributed by atoms with Gasteiger partial charge in [0.15, 0.2) is 0 Å². The van der Waals surface area contributed by atoms with E-state index in [1.54, 1.807) is 0 Å². The number of amides is 2. The molecule has 0 bridgehead atoms. The molecule has 3 rings (SSSR count). The van der Waals surface area contributed by atoms with E-state index in [0.717, 1.165) is 36.5 Å². The monoisotopic (exact) mass is 372 g/mol. The van der Waals surface area contributed by atoms with E-state index in [-0.39, 0.29) is 18.2 Å². The molecule has 7 heteroatoms. The topological polar surface area (TPSA) is 77.4 Å². The van der Waals surface area contributed by atoms with E-state index >= 15 is 0 Å². The highest BCUT2D eigenvalue weighted by molar-refractivity contribution is 6.00. The van der Waals surface area contributed by atoms with Crippen molar-refractivity contribution in [3.05, 3.63) is 35.7 Å². The second-order valence-corrected chi connectivity index (χ2v) is 7.14. The molecule has 146 valence electrons. The summed E-state index contributed by atoms with van der Waals surface area (Å²) in [5, 5.41) is 10.2. The number of carbonyl (C=O) groups excluding carboxylic acids is 1. The summed E-state index contributed by atoms with van der Waals surface area (Å²) < 4.78 is 13.3. The van der Waals surface area contributed by atoms with Crippen LogP contribution in [0.2, 0.25) is 0 Å². The minimum absolute atomic E-state index is 0.161. The largest absolute Gasteiger partial charge is 0.491 e. The normalized spacial score (nSPS) is 16.6. The van der Waals surface area contributed by atoms with Gasteiger partial charge in [0.2, 0.25) is 0 Å². The summed E-state index contributed by atoms with van der Waals surface area (Å²) in [6.07, 6.45) is 2.28. The number of benzene rings is 1. The molecule has 0 unspecified atom stereocenters. The van der Waals surface area contributed by atoms with E-state index in [1.807, 2.05) is 42.8 Å². The van der Waals surface area contributed by atoms with Crippen molar-refractivity contribution in [2.75, 3.05) is 23.8 Å². The first kappa shape index (κ1) is 19.2. The zero-order valence-electron chi connectivity index (χ0n) is 16.4. The van der Waals surface area contributed by atoms with Crippen molar-refractivity contribution in [3.63, 3.8) is 0 Å². The third-order valence-electron chi connectivity index (χ3n) is 4.60. The number of aromatic nitrogens is 2. The van der Waals surface area contributed by atoms with Crippen molar-refractivity contribution in [3.8, 4) is 5.75 Å². The molecule has 2 aromatic rings. The second kappa shape index (κ2) is 8.43. The molecule has 0 aliphatic carbocycles. The Bertz CT molecular complexity index is 795. The highest BCUT2D eigenvalue weighted by Crippen LogP contribution is 2.23. The van der Waals surface area contributed by atoms with E-state index in [0.29, 0.717) is 18.0 Å². The second-order valence-electron chi connectivity index (χ2n) is 7.14. The first-order valence-corrected chi connectivity index (χ1v) is 9.42. The van der Waals surface area contributed by atoms with Gasteiger partial charge in [0, 0.05) is 24.4 Å².